The van der Waals surface area contributed by atoms with Gasteiger partial charge in [0, 0.05) is 30.4 Å². The molecule has 1 unspecified atom stereocenters. The number of rotatable bonds is 6. The normalized spacial score (nSPS) is 13.0. The minimum absolute atomic E-state index is 0.385. The molecule has 2 heterocycles. The maximum atomic E-state index is 10.2. The van der Waals surface area contributed by atoms with Crippen LogP contribution in [0, 0.1) is 13.8 Å². The molecular formula is C16H23N5OS. The summed E-state index contributed by atoms with van der Waals surface area (Å²) in [4.78, 5) is 14.1. The Labute approximate surface area is 140 Å². The lowest BCUT2D eigenvalue weighted by atomic mass is 10.1. The molecule has 0 fully saturated rings. The van der Waals surface area contributed by atoms with E-state index in [-0.39, 0.29) is 0 Å². The van der Waals surface area contributed by atoms with Crippen LogP contribution in [-0.2, 0) is 6.54 Å². The second-order valence-electron chi connectivity index (χ2n) is 5.11. The van der Waals surface area contributed by atoms with Gasteiger partial charge < -0.3 is 15.7 Å². The van der Waals surface area contributed by atoms with Crippen LogP contribution >= 0.6 is 11.3 Å². The maximum Gasteiger partial charge on any atom is 0.191 e. The second kappa shape index (κ2) is 8.59. The Morgan fingerprint density at radius 1 is 1.30 bits per heavy atom. The van der Waals surface area contributed by atoms with Crippen molar-refractivity contribution in [3.63, 3.8) is 0 Å². The molecule has 0 aliphatic rings. The average molecular weight is 333 g/mol. The number of aliphatic hydroxyl groups is 1. The zero-order chi connectivity index (χ0) is 16.7. The lowest BCUT2D eigenvalue weighted by Crippen LogP contribution is -2.39. The highest BCUT2D eigenvalue weighted by molar-refractivity contribution is 7.11. The van der Waals surface area contributed by atoms with Crippen molar-refractivity contribution in [1.29, 1.82) is 0 Å². The number of aryl methyl sites for hydroxylation is 2. The first-order valence-corrected chi connectivity index (χ1v) is 8.45. The van der Waals surface area contributed by atoms with Crippen LogP contribution in [0.4, 0.5) is 0 Å². The molecule has 0 amide bonds. The van der Waals surface area contributed by atoms with E-state index < -0.39 is 6.10 Å². The molecule has 1 atom stereocenters. The lowest BCUT2D eigenvalue weighted by Gasteiger charge is -2.15. The number of guanidine groups is 1. The van der Waals surface area contributed by atoms with Gasteiger partial charge in [-0.1, -0.05) is 0 Å². The lowest BCUT2D eigenvalue weighted by molar-refractivity contribution is 0.180. The molecule has 0 bridgehead atoms. The van der Waals surface area contributed by atoms with Gasteiger partial charge in [-0.15, -0.1) is 11.3 Å². The molecular weight excluding hydrogens is 310 g/mol. The van der Waals surface area contributed by atoms with Crippen molar-refractivity contribution in [1.82, 2.24) is 20.6 Å². The SMILES string of the molecule is CCNC(=NCc1sc(C)nc1C)NCC(O)c1ccncc1. The van der Waals surface area contributed by atoms with Crippen LogP contribution in [0.3, 0.4) is 0 Å². The van der Waals surface area contributed by atoms with Crippen molar-refractivity contribution in [2.45, 2.75) is 33.4 Å². The monoisotopic (exact) mass is 333 g/mol. The quantitative estimate of drug-likeness (QED) is 0.556. The second-order valence-corrected chi connectivity index (χ2v) is 6.40. The van der Waals surface area contributed by atoms with Crippen molar-refractivity contribution in [2.75, 3.05) is 13.1 Å². The number of pyridine rings is 1. The summed E-state index contributed by atoms with van der Waals surface area (Å²) < 4.78 is 0. The van der Waals surface area contributed by atoms with Gasteiger partial charge in [0.05, 0.1) is 23.4 Å². The molecule has 6 nitrogen and oxygen atoms in total. The zero-order valence-corrected chi connectivity index (χ0v) is 14.5. The first-order valence-electron chi connectivity index (χ1n) is 7.63. The van der Waals surface area contributed by atoms with E-state index in [4.69, 9.17) is 0 Å². The molecule has 124 valence electrons. The van der Waals surface area contributed by atoms with Crippen LogP contribution in [0.5, 0.6) is 0 Å². The standard InChI is InChI=1S/C16H23N5OS/c1-4-18-16(20-10-15-11(2)21-12(3)23-15)19-9-14(22)13-5-7-17-8-6-13/h5-8,14,22H,4,9-10H2,1-3H3,(H2,18,19,20). The molecule has 0 radical (unpaired) electrons. The first kappa shape index (κ1) is 17.4. The number of hydrogen-bond donors (Lipinski definition) is 3. The molecule has 2 aromatic heterocycles. The molecule has 0 spiro atoms. The Kier molecular flexibility index (Phi) is 6.49. The number of aromatic nitrogens is 2. The molecule has 2 aromatic rings. The van der Waals surface area contributed by atoms with E-state index >= 15 is 0 Å². The van der Waals surface area contributed by atoms with Gasteiger partial charge in [0.25, 0.3) is 0 Å². The van der Waals surface area contributed by atoms with Crippen molar-refractivity contribution >= 4 is 17.3 Å². The Morgan fingerprint density at radius 2 is 2.04 bits per heavy atom. The first-order chi connectivity index (χ1) is 11.1. The number of hydrogen-bond acceptors (Lipinski definition) is 5. The van der Waals surface area contributed by atoms with Gasteiger partial charge in [0.1, 0.15) is 0 Å². The van der Waals surface area contributed by atoms with Gasteiger partial charge in [-0.2, -0.15) is 0 Å². The molecule has 23 heavy (non-hydrogen) atoms. The average Bonchev–Trinajstić information content (AvgIpc) is 2.88. The maximum absolute atomic E-state index is 10.2. The van der Waals surface area contributed by atoms with Gasteiger partial charge in [-0.05, 0) is 38.5 Å². The van der Waals surface area contributed by atoms with Gasteiger partial charge in [-0.3, -0.25) is 4.98 Å². The Hall–Kier alpha value is -1.99. The van der Waals surface area contributed by atoms with Crippen molar-refractivity contribution < 1.29 is 5.11 Å². The van der Waals surface area contributed by atoms with Gasteiger partial charge >= 0.3 is 0 Å². The Morgan fingerprint density at radius 3 is 2.65 bits per heavy atom. The summed E-state index contributed by atoms with van der Waals surface area (Å²) in [5, 5.41) is 17.6. The topological polar surface area (TPSA) is 82.4 Å². The highest BCUT2D eigenvalue weighted by Gasteiger charge is 2.09. The number of nitrogens with one attached hydrogen (secondary N) is 2. The molecule has 3 N–H and O–H groups in total. The van der Waals surface area contributed by atoms with Crippen LogP contribution in [-0.4, -0.2) is 34.1 Å². The molecule has 0 saturated carbocycles. The van der Waals surface area contributed by atoms with Crippen LogP contribution < -0.4 is 10.6 Å². The summed E-state index contributed by atoms with van der Waals surface area (Å²) in [7, 11) is 0. The van der Waals surface area contributed by atoms with E-state index in [1.165, 1.54) is 0 Å². The number of nitrogens with zero attached hydrogens (tertiary/aromatic N) is 3. The number of aliphatic hydroxyl groups excluding tert-OH is 1. The van der Waals surface area contributed by atoms with Crippen molar-refractivity contribution in [3.8, 4) is 0 Å². The largest absolute Gasteiger partial charge is 0.387 e. The van der Waals surface area contributed by atoms with Crippen LogP contribution in [0.15, 0.2) is 29.5 Å². The fourth-order valence-electron chi connectivity index (χ4n) is 2.11. The van der Waals surface area contributed by atoms with E-state index in [1.54, 1.807) is 35.9 Å². The van der Waals surface area contributed by atoms with E-state index in [1.807, 2.05) is 20.8 Å². The highest BCUT2D eigenvalue weighted by Crippen LogP contribution is 2.17. The predicted octanol–water partition coefficient (Wildman–Crippen LogP) is 1.94. The van der Waals surface area contributed by atoms with E-state index in [0.29, 0.717) is 19.0 Å². The molecule has 2 rings (SSSR count). The van der Waals surface area contributed by atoms with Crippen molar-refractivity contribution in [3.05, 3.63) is 45.7 Å². The van der Waals surface area contributed by atoms with Crippen molar-refractivity contribution in [2.24, 2.45) is 4.99 Å². The molecule has 0 aromatic carbocycles. The third kappa shape index (κ3) is 5.30. The fourth-order valence-corrected chi connectivity index (χ4v) is 2.97. The third-order valence-electron chi connectivity index (χ3n) is 3.28. The minimum atomic E-state index is -0.603. The van der Waals surface area contributed by atoms with Gasteiger partial charge in [-0.25, -0.2) is 9.98 Å². The van der Waals surface area contributed by atoms with Crippen LogP contribution in [0.2, 0.25) is 0 Å². The molecule has 7 heteroatoms. The summed E-state index contributed by atoms with van der Waals surface area (Å²) in [6.07, 6.45) is 2.74. The van der Waals surface area contributed by atoms with Crippen LogP contribution in [0.25, 0.3) is 0 Å². The minimum Gasteiger partial charge on any atom is -0.387 e. The molecule has 0 aliphatic carbocycles. The Bertz CT molecular complexity index is 641. The molecule has 0 aliphatic heterocycles. The summed E-state index contributed by atoms with van der Waals surface area (Å²) in [6, 6.07) is 3.61. The Balaban J connectivity index is 1.95. The highest BCUT2D eigenvalue weighted by atomic mass is 32.1. The number of aliphatic imine (C=N–C) groups is 1. The van der Waals surface area contributed by atoms with E-state index in [0.717, 1.165) is 27.7 Å². The fraction of sp³-hybridized carbons (Fsp3) is 0.438. The van der Waals surface area contributed by atoms with E-state index in [9.17, 15) is 5.11 Å². The summed E-state index contributed by atoms with van der Waals surface area (Å²) in [5.74, 6) is 0.686. The zero-order valence-electron chi connectivity index (χ0n) is 13.7. The van der Waals surface area contributed by atoms with Crippen LogP contribution in [0.1, 0.15) is 34.2 Å². The number of thiazole rings is 1. The third-order valence-corrected chi connectivity index (χ3v) is 4.34. The van der Waals surface area contributed by atoms with Gasteiger partial charge in [0.15, 0.2) is 5.96 Å². The summed E-state index contributed by atoms with van der Waals surface area (Å²) >= 11 is 1.67. The van der Waals surface area contributed by atoms with E-state index in [2.05, 4.69) is 25.6 Å². The summed E-state index contributed by atoms with van der Waals surface area (Å²) in [5.41, 5.74) is 1.86. The van der Waals surface area contributed by atoms with Gasteiger partial charge in [0.2, 0.25) is 0 Å². The summed E-state index contributed by atoms with van der Waals surface area (Å²) in [6.45, 7) is 7.74. The smallest absolute Gasteiger partial charge is 0.191 e. The molecule has 0 saturated heterocycles. The predicted molar refractivity (Wildman–Crippen MR) is 93.6 cm³/mol.